The van der Waals surface area contributed by atoms with Gasteiger partial charge < -0.3 is 10.2 Å². The predicted octanol–water partition coefficient (Wildman–Crippen LogP) is 2.53. The van der Waals surface area contributed by atoms with Gasteiger partial charge in [0.05, 0.1) is 0 Å². The summed E-state index contributed by atoms with van der Waals surface area (Å²) in [6.45, 7) is 9.00. The molecule has 17 heavy (non-hydrogen) atoms. The molecule has 0 unspecified atom stereocenters. The van der Waals surface area contributed by atoms with Crippen LogP contribution in [0.4, 0.5) is 5.82 Å². The fraction of sp³-hybridized carbons (Fsp3) is 0.643. The van der Waals surface area contributed by atoms with E-state index < -0.39 is 0 Å². The lowest BCUT2D eigenvalue weighted by molar-refractivity contribution is 0.199. The highest BCUT2D eigenvalue weighted by molar-refractivity contribution is 5.34. The van der Waals surface area contributed by atoms with Crippen LogP contribution in [0.3, 0.4) is 0 Å². The minimum atomic E-state index is 0.914. The summed E-state index contributed by atoms with van der Waals surface area (Å²) in [6.07, 6.45) is 2.70. The van der Waals surface area contributed by atoms with Crippen molar-refractivity contribution in [3.63, 3.8) is 0 Å². The average Bonchev–Trinajstić information content (AvgIpc) is 2.32. The summed E-state index contributed by atoms with van der Waals surface area (Å²) in [5.74, 6) is 1.91. The van der Waals surface area contributed by atoms with Crippen molar-refractivity contribution < 1.29 is 0 Å². The molecule has 0 aromatic carbocycles. The van der Waals surface area contributed by atoms with Gasteiger partial charge in [0, 0.05) is 18.8 Å². The van der Waals surface area contributed by atoms with Crippen molar-refractivity contribution in [2.45, 2.75) is 26.7 Å². The van der Waals surface area contributed by atoms with E-state index in [1.807, 2.05) is 25.1 Å². The quantitative estimate of drug-likeness (QED) is 0.866. The fourth-order valence-electron chi connectivity index (χ4n) is 2.27. The van der Waals surface area contributed by atoms with Crippen molar-refractivity contribution in [1.29, 1.82) is 0 Å². The normalized spacial score (nSPS) is 18.2. The number of nitrogens with one attached hydrogen (secondary N) is 1. The molecule has 1 aromatic rings. The highest BCUT2D eigenvalue weighted by Gasteiger charge is 2.14. The van der Waals surface area contributed by atoms with Gasteiger partial charge in [0.15, 0.2) is 0 Å². The minimum absolute atomic E-state index is 0.914. The zero-order chi connectivity index (χ0) is 12.1. The molecule has 3 heteroatoms. The predicted molar refractivity (Wildman–Crippen MR) is 72.3 cm³/mol. The van der Waals surface area contributed by atoms with Crippen LogP contribution >= 0.6 is 0 Å². The van der Waals surface area contributed by atoms with Crippen LogP contribution in [0.15, 0.2) is 18.2 Å². The Morgan fingerprint density at radius 3 is 2.82 bits per heavy atom. The maximum atomic E-state index is 4.44. The third-order valence-corrected chi connectivity index (χ3v) is 3.50. The second-order valence-electron chi connectivity index (χ2n) is 5.12. The summed E-state index contributed by atoms with van der Waals surface area (Å²) >= 11 is 0. The second kappa shape index (κ2) is 6.01. The lowest BCUT2D eigenvalue weighted by atomic mass is 9.99. The molecule has 0 bridgehead atoms. The zero-order valence-corrected chi connectivity index (χ0v) is 10.9. The van der Waals surface area contributed by atoms with Gasteiger partial charge in [-0.05, 0) is 50.9 Å². The van der Waals surface area contributed by atoms with Gasteiger partial charge >= 0.3 is 0 Å². The summed E-state index contributed by atoms with van der Waals surface area (Å²) in [4.78, 5) is 6.98. The molecule has 94 valence electrons. The number of likely N-dealkylation sites (tertiary alicyclic amines) is 1. The number of nitrogens with zero attached hydrogens (tertiary/aromatic N) is 2. The van der Waals surface area contributed by atoms with E-state index in [0.717, 1.165) is 30.5 Å². The van der Waals surface area contributed by atoms with E-state index in [0.29, 0.717) is 0 Å². The number of aromatic nitrogens is 1. The highest BCUT2D eigenvalue weighted by Crippen LogP contribution is 2.15. The van der Waals surface area contributed by atoms with Crippen LogP contribution in [0.5, 0.6) is 0 Å². The molecule has 1 N–H and O–H groups in total. The molecule has 1 aliphatic heterocycles. The van der Waals surface area contributed by atoms with Crippen molar-refractivity contribution in [2.24, 2.45) is 5.92 Å². The van der Waals surface area contributed by atoms with Gasteiger partial charge in [-0.25, -0.2) is 4.98 Å². The Kier molecular flexibility index (Phi) is 4.37. The van der Waals surface area contributed by atoms with Crippen molar-refractivity contribution in [1.82, 2.24) is 9.88 Å². The first-order valence-electron chi connectivity index (χ1n) is 6.64. The first-order chi connectivity index (χ1) is 8.24. The van der Waals surface area contributed by atoms with Gasteiger partial charge in [0.1, 0.15) is 5.82 Å². The van der Waals surface area contributed by atoms with Gasteiger partial charge in [-0.3, -0.25) is 0 Å². The van der Waals surface area contributed by atoms with Crippen LogP contribution < -0.4 is 5.32 Å². The molecule has 1 aliphatic rings. The molecular formula is C14H23N3. The molecule has 2 heterocycles. The molecule has 1 saturated heterocycles. The molecule has 0 spiro atoms. The third kappa shape index (κ3) is 4.00. The number of aryl methyl sites for hydroxylation is 1. The summed E-state index contributed by atoms with van der Waals surface area (Å²) in [5, 5.41) is 3.39. The number of hydrogen-bond acceptors (Lipinski definition) is 3. The Hall–Kier alpha value is -1.09. The SMILES string of the molecule is Cc1cccc(NCCN2CCC(C)CC2)n1. The van der Waals surface area contributed by atoms with E-state index in [-0.39, 0.29) is 0 Å². The molecule has 3 nitrogen and oxygen atoms in total. The Morgan fingerprint density at radius 2 is 2.12 bits per heavy atom. The van der Waals surface area contributed by atoms with Crippen molar-refractivity contribution >= 4 is 5.82 Å². The van der Waals surface area contributed by atoms with Crippen LogP contribution in [-0.4, -0.2) is 36.1 Å². The summed E-state index contributed by atoms with van der Waals surface area (Å²) in [7, 11) is 0. The molecule has 1 fully saturated rings. The topological polar surface area (TPSA) is 28.2 Å². The Bertz CT molecular complexity index is 343. The Morgan fingerprint density at radius 1 is 1.35 bits per heavy atom. The monoisotopic (exact) mass is 233 g/mol. The number of rotatable bonds is 4. The van der Waals surface area contributed by atoms with E-state index in [2.05, 4.69) is 22.1 Å². The number of piperidine rings is 1. The van der Waals surface area contributed by atoms with Crippen LogP contribution in [0, 0.1) is 12.8 Å². The molecule has 0 saturated carbocycles. The number of anilines is 1. The number of hydrogen-bond donors (Lipinski definition) is 1. The van der Waals surface area contributed by atoms with Crippen LogP contribution in [0.25, 0.3) is 0 Å². The maximum absolute atomic E-state index is 4.44. The zero-order valence-electron chi connectivity index (χ0n) is 10.9. The van der Waals surface area contributed by atoms with Gasteiger partial charge in [-0.2, -0.15) is 0 Å². The van der Waals surface area contributed by atoms with Crippen molar-refractivity contribution in [2.75, 3.05) is 31.5 Å². The maximum Gasteiger partial charge on any atom is 0.126 e. The first kappa shape index (κ1) is 12.4. The van der Waals surface area contributed by atoms with Crippen LogP contribution in [0.2, 0.25) is 0 Å². The van der Waals surface area contributed by atoms with Crippen LogP contribution in [0.1, 0.15) is 25.5 Å². The molecule has 0 atom stereocenters. The Balaban J connectivity index is 1.69. The number of pyridine rings is 1. The van der Waals surface area contributed by atoms with E-state index in [1.165, 1.54) is 25.9 Å². The van der Waals surface area contributed by atoms with E-state index in [1.54, 1.807) is 0 Å². The minimum Gasteiger partial charge on any atom is -0.369 e. The molecule has 0 aliphatic carbocycles. The lowest BCUT2D eigenvalue weighted by Gasteiger charge is -2.30. The van der Waals surface area contributed by atoms with Crippen molar-refractivity contribution in [3.8, 4) is 0 Å². The molecule has 2 rings (SSSR count). The average molecular weight is 233 g/mol. The van der Waals surface area contributed by atoms with E-state index in [9.17, 15) is 0 Å². The van der Waals surface area contributed by atoms with Crippen LogP contribution in [-0.2, 0) is 0 Å². The smallest absolute Gasteiger partial charge is 0.126 e. The van der Waals surface area contributed by atoms with E-state index >= 15 is 0 Å². The summed E-state index contributed by atoms with van der Waals surface area (Å²) in [6, 6.07) is 6.11. The summed E-state index contributed by atoms with van der Waals surface area (Å²) < 4.78 is 0. The molecule has 0 amide bonds. The van der Waals surface area contributed by atoms with Crippen molar-refractivity contribution in [3.05, 3.63) is 23.9 Å². The fourth-order valence-corrected chi connectivity index (χ4v) is 2.27. The summed E-state index contributed by atoms with van der Waals surface area (Å²) in [5.41, 5.74) is 1.07. The van der Waals surface area contributed by atoms with Gasteiger partial charge in [-0.1, -0.05) is 13.0 Å². The Labute approximate surface area is 104 Å². The molecule has 0 radical (unpaired) electrons. The second-order valence-corrected chi connectivity index (χ2v) is 5.12. The van der Waals surface area contributed by atoms with Gasteiger partial charge in [0.2, 0.25) is 0 Å². The first-order valence-corrected chi connectivity index (χ1v) is 6.64. The highest BCUT2D eigenvalue weighted by atomic mass is 15.1. The molecular weight excluding hydrogens is 210 g/mol. The van der Waals surface area contributed by atoms with Gasteiger partial charge in [-0.15, -0.1) is 0 Å². The third-order valence-electron chi connectivity index (χ3n) is 3.50. The lowest BCUT2D eigenvalue weighted by Crippen LogP contribution is -2.36. The standard InChI is InChI=1S/C14H23N3/c1-12-6-9-17(10-7-12)11-8-15-14-5-3-4-13(2)16-14/h3-5,12H,6-11H2,1-2H3,(H,15,16). The molecule has 1 aromatic heterocycles. The van der Waals surface area contributed by atoms with E-state index in [4.69, 9.17) is 0 Å². The van der Waals surface area contributed by atoms with Gasteiger partial charge in [0.25, 0.3) is 0 Å². The largest absolute Gasteiger partial charge is 0.369 e.